The first kappa shape index (κ1) is 23.9. The first-order chi connectivity index (χ1) is 17.1. The fraction of sp³-hybridized carbons (Fsp3) is 0.542. The van der Waals surface area contributed by atoms with E-state index in [1.54, 1.807) is 24.5 Å². The molecule has 3 fully saturated rings. The molecule has 2 saturated heterocycles. The van der Waals surface area contributed by atoms with Crippen molar-refractivity contribution in [3.05, 3.63) is 35.0 Å². The van der Waals surface area contributed by atoms with Crippen LogP contribution in [0.5, 0.6) is 0 Å². The van der Waals surface area contributed by atoms with Crippen LogP contribution in [-0.2, 0) is 20.6 Å². The van der Waals surface area contributed by atoms with Crippen molar-refractivity contribution >= 4 is 28.6 Å². The van der Waals surface area contributed by atoms with E-state index in [1.165, 1.54) is 12.3 Å². The minimum atomic E-state index is -1.41. The highest BCUT2D eigenvalue weighted by Gasteiger charge is 2.49. The van der Waals surface area contributed by atoms with Crippen LogP contribution in [0.2, 0.25) is 5.02 Å². The third-order valence-electron chi connectivity index (χ3n) is 7.12. The van der Waals surface area contributed by atoms with Crippen LogP contribution in [0.4, 0.5) is 14.7 Å². The number of hydrogen-bond acceptors (Lipinski definition) is 8. The number of benzene rings is 1. The molecule has 0 unspecified atom stereocenters. The summed E-state index contributed by atoms with van der Waals surface area (Å²) in [6.07, 6.45) is 1.27. The van der Waals surface area contributed by atoms with Crippen LogP contribution in [0, 0.1) is 5.82 Å². The van der Waals surface area contributed by atoms with Crippen molar-refractivity contribution < 1.29 is 28.5 Å². The van der Waals surface area contributed by atoms with Gasteiger partial charge in [-0.1, -0.05) is 11.6 Å². The second-order valence-corrected chi connectivity index (χ2v) is 10.7. The average Bonchev–Trinajstić information content (AvgIpc) is 3.33. The Hall–Kier alpha value is -2.44. The summed E-state index contributed by atoms with van der Waals surface area (Å²) in [4.78, 5) is 13.1. The number of fused-ring (bicyclic) bond motifs is 3. The molecular formula is C24H26ClF2N5O4. The topological polar surface area (TPSA) is 115 Å². The predicted octanol–water partition coefficient (Wildman–Crippen LogP) is 3.26. The second-order valence-electron chi connectivity index (χ2n) is 10.3. The zero-order valence-corrected chi connectivity index (χ0v) is 20.5. The van der Waals surface area contributed by atoms with Gasteiger partial charge in [0, 0.05) is 5.56 Å². The number of nitrogens with one attached hydrogen (secondary N) is 1. The van der Waals surface area contributed by atoms with Gasteiger partial charge in [0.1, 0.15) is 29.7 Å². The number of imidazole rings is 1. The van der Waals surface area contributed by atoms with Crippen molar-refractivity contribution in [2.24, 2.45) is 0 Å². The maximum Gasteiger partial charge on any atom is 0.223 e. The van der Waals surface area contributed by atoms with Crippen LogP contribution in [0.1, 0.15) is 38.9 Å². The van der Waals surface area contributed by atoms with Gasteiger partial charge in [-0.2, -0.15) is 0 Å². The molecule has 1 aromatic carbocycles. The Morgan fingerprint density at radius 1 is 1.31 bits per heavy atom. The number of hydrogen-bond donors (Lipinski definition) is 3. The zero-order valence-electron chi connectivity index (χ0n) is 19.7. The molecule has 3 aromatic rings. The van der Waals surface area contributed by atoms with Crippen LogP contribution in [0.15, 0.2) is 18.3 Å². The molecule has 2 bridgehead atoms. The minimum absolute atomic E-state index is 0.0416. The van der Waals surface area contributed by atoms with E-state index in [9.17, 15) is 14.6 Å². The number of ether oxygens (including phenoxy) is 2. The smallest absolute Gasteiger partial charge is 0.223 e. The predicted molar refractivity (Wildman–Crippen MR) is 127 cm³/mol. The summed E-state index contributed by atoms with van der Waals surface area (Å²) in [5.41, 5.74) is -1.26. The van der Waals surface area contributed by atoms with Crippen molar-refractivity contribution in [3.63, 3.8) is 0 Å². The molecule has 2 aliphatic heterocycles. The third-order valence-corrected chi connectivity index (χ3v) is 7.40. The summed E-state index contributed by atoms with van der Waals surface area (Å²) >= 11 is 6.42. The molecule has 4 atom stereocenters. The van der Waals surface area contributed by atoms with Crippen molar-refractivity contribution in [1.29, 1.82) is 0 Å². The third kappa shape index (κ3) is 3.84. The van der Waals surface area contributed by atoms with Crippen LogP contribution in [0.3, 0.4) is 0 Å². The molecule has 1 saturated carbocycles. The number of aliphatic hydroxyl groups is 2. The molecule has 0 spiro atoms. The number of halogens is 3. The van der Waals surface area contributed by atoms with E-state index in [0.717, 1.165) is 0 Å². The van der Waals surface area contributed by atoms with Gasteiger partial charge in [-0.05, 0) is 45.2 Å². The Kier molecular flexibility index (Phi) is 5.51. The van der Waals surface area contributed by atoms with E-state index in [0.29, 0.717) is 36.9 Å². The van der Waals surface area contributed by atoms with Crippen LogP contribution in [0.25, 0.3) is 22.3 Å². The highest BCUT2D eigenvalue weighted by Crippen LogP contribution is 2.48. The molecule has 1 aliphatic carbocycles. The van der Waals surface area contributed by atoms with Gasteiger partial charge in [0.2, 0.25) is 5.95 Å². The average molecular weight is 522 g/mol. The molecule has 0 radical (unpaired) electrons. The van der Waals surface area contributed by atoms with Gasteiger partial charge in [0.25, 0.3) is 0 Å². The Balaban J connectivity index is 1.42. The lowest BCUT2D eigenvalue weighted by molar-refractivity contribution is -0.156. The van der Waals surface area contributed by atoms with E-state index in [-0.39, 0.29) is 34.1 Å². The number of rotatable bonds is 6. The Morgan fingerprint density at radius 3 is 2.78 bits per heavy atom. The molecule has 192 valence electrons. The van der Waals surface area contributed by atoms with Crippen molar-refractivity contribution in [2.75, 3.05) is 18.6 Å². The van der Waals surface area contributed by atoms with Crippen molar-refractivity contribution in [2.45, 2.75) is 68.8 Å². The lowest BCUT2D eigenvalue weighted by Gasteiger charge is -2.32. The number of anilines is 1. The van der Waals surface area contributed by atoms with E-state index in [1.807, 2.05) is 0 Å². The Labute approximate surface area is 210 Å². The summed E-state index contributed by atoms with van der Waals surface area (Å²) < 4.78 is 42.1. The van der Waals surface area contributed by atoms with Gasteiger partial charge in [-0.25, -0.2) is 23.7 Å². The summed E-state index contributed by atoms with van der Waals surface area (Å²) in [6, 6.07) is 2.52. The largest absolute Gasteiger partial charge is 0.386 e. The Morgan fingerprint density at radius 2 is 2.08 bits per heavy atom. The van der Waals surface area contributed by atoms with E-state index in [4.69, 9.17) is 21.1 Å². The standard InChI is InChI=1S/C24H26ClF2N5O4/c1-23(2,34)21-30-18-14(27)5-11(6-16(18)32(21)24(10-26)3-4-24)17-13(25)8-28-22(31-17)29-15-7-12-9-35-20(36-12)19(15)33/h5-6,8,12,15,19-20,33-34H,3-4,7,9-10H2,1-2H3,(H,28,29,31)/t12-,15+,19-,20+/m0/s1. The molecule has 3 aliphatic rings. The lowest BCUT2D eigenvalue weighted by Crippen LogP contribution is -2.48. The van der Waals surface area contributed by atoms with Gasteiger partial charge in [0.15, 0.2) is 12.1 Å². The fourth-order valence-corrected chi connectivity index (χ4v) is 5.26. The monoisotopic (exact) mass is 521 g/mol. The van der Waals surface area contributed by atoms with Gasteiger partial charge in [-0.3, -0.25) is 0 Å². The molecule has 2 aromatic heterocycles. The summed E-state index contributed by atoms with van der Waals surface area (Å²) in [5.74, 6) is -0.238. The van der Waals surface area contributed by atoms with Crippen molar-refractivity contribution in [3.8, 4) is 11.3 Å². The number of aliphatic hydroxyl groups excluding tert-OH is 1. The first-order valence-corrected chi connectivity index (χ1v) is 12.2. The number of alkyl halides is 1. The molecule has 3 N–H and O–H groups in total. The molecule has 0 amide bonds. The zero-order chi connectivity index (χ0) is 25.4. The molecule has 6 rings (SSSR count). The van der Waals surface area contributed by atoms with Crippen LogP contribution < -0.4 is 5.32 Å². The molecule has 36 heavy (non-hydrogen) atoms. The van der Waals surface area contributed by atoms with E-state index >= 15 is 4.39 Å². The summed E-state index contributed by atoms with van der Waals surface area (Å²) in [6.45, 7) is 2.83. The minimum Gasteiger partial charge on any atom is -0.386 e. The van der Waals surface area contributed by atoms with Crippen LogP contribution in [-0.4, -0.2) is 67.6 Å². The van der Waals surface area contributed by atoms with Gasteiger partial charge in [-0.15, -0.1) is 0 Å². The SMILES string of the molecule is CC(C)(O)c1nc2c(F)cc(-c3nc(N[C@@H]4C[C@H]5CO[C@H](O5)[C@H]4O)ncc3Cl)cc2n1C1(CF)CC1. The molecular weight excluding hydrogens is 496 g/mol. The molecule has 12 heteroatoms. The molecule has 4 heterocycles. The fourth-order valence-electron chi connectivity index (χ4n) is 5.06. The first-order valence-electron chi connectivity index (χ1n) is 11.9. The number of nitrogens with zero attached hydrogens (tertiary/aromatic N) is 4. The maximum atomic E-state index is 15.4. The second kappa shape index (κ2) is 8.29. The Bertz CT molecular complexity index is 1340. The van der Waals surface area contributed by atoms with Gasteiger partial charge in [0.05, 0.1) is 46.7 Å². The maximum absolute atomic E-state index is 15.4. The number of aromatic nitrogens is 4. The summed E-state index contributed by atoms with van der Waals surface area (Å²) in [5, 5.41) is 24.5. The van der Waals surface area contributed by atoms with E-state index < -0.39 is 42.1 Å². The quantitative estimate of drug-likeness (QED) is 0.453. The van der Waals surface area contributed by atoms with Crippen molar-refractivity contribution in [1.82, 2.24) is 19.5 Å². The van der Waals surface area contributed by atoms with Gasteiger partial charge < -0.3 is 29.6 Å². The normalized spacial score (nSPS) is 27.0. The van der Waals surface area contributed by atoms with Crippen LogP contribution >= 0.6 is 11.6 Å². The highest BCUT2D eigenvalue weighted by molar-refractivity contribution is 6.33. The van der Waals surface area contributed by atoms with E-state index in [2.05, 4.69) is 20.3 Å². The summed E-state index contributed by atoms with van der Waals surface area (Å²) in [7, 11) is 0. The molecule has 9 nitrogen and oxygen atoms in total. The highest BCUT2D eigenvalue weighted by atomic mass is 35.5. The lowest BCUT2D eigenvalue weighted by atomic mass is 10.0. The van der Waals surface area contributed by atoms with Gasteiger partial charge >= 0.3 is 0 Å².